The predicted octanol–water partition coefficient (Wildman–Crippen LogP) is 2.22. The molecule has 1 saturated heterocycles. The molecule has 1 fully saturated rings. The second kappa shape index (κ2) is 8.75. The van der Waals surface area contributed by atoms with Crippen LogP contribution in [0.3, 0.4) is 0 Å². The highest BCUT2D eigenvalue weighted by molar-refractivity contribution is 5.95. The highest BCUT2D eigenvalue weighted by atomic mass is 16.7. The van der Waals surface area contributed by atoms with Crippen molar-refractivity contribution < 1.29 is 19.1 Å². The summed E-state index contributed by atoms with van der Waals surface area (Å²) in [4.78, 5) is 29.3. The van der Waals surface area contributed by atoms with E-state index in [1.54, 1.807) is 18.2 Å². The molecule has 30 heavy (non-hydrogen) atoms. The normalized spacial score (nSPS) is 15.9. The largest absolute Gasteiger partial charge is 0.454 e. The first kappa shape index (κ1) is 20.2. The second-order valence-electron chi connectivity index (χ2n) is 7.76. The van der Waals surface area contributed by atoms with Crippen molar-refractivity contribution in [2.24, 2.45) is 0 Å². The fraction of sp³-hybridized carbons (Fsp3) is 0.391. The quantitative estimate of drug-likeness (QED) is 0.820. The van der Waals surface area contributed by atoms with Gasteiger partial charge in [0.2, 0.25) is 6.79 Å². The smallest absolute Gasteiger partial charge is 0.253 e. The van der Waals surface area contributed by atoms with Gasteiger partial charge in [-0.25, -0.2) is 0 Å². The fourth-order valence-electron chi connectivity index (χ4n) is 3.70. The van der Waals surface area contributed by atoms with E-state index in [4.69, 9.17) is 9.47 Å². The van der Waals surface area contributed by atoms with E-state index in [0.717, 1.165) is 30.8 Å². The van der Waals surface area contributed by atoms with Crippen LogP contribution in [0.5, 0.6) is 11.5 Å². The topological polar surface area (TPSA) is 71.1 Å². The number of nitrogens with zero attached hydrogens (tertiary/aromatic N) is 2. The van der Waals surface area contributed by atoms with Crippen molar-refractivity contribution in [2.75, 3.05) is 46.1 Å². The number of piperazine rings is 1. The minimum atomic E-state index is -0.128. The third-order valence-corrected chi connectivity index (χ3v) is 5.76. The molecule has 0 bridgehead atoms. The third kappa shape index (κ3) is 4.41. The van der Waals surface area contributed by atoms with Gasteiger partial charge in [0.1, 0.15) is 0 Å². The molecule has 1 N–H and O–H groups in total. The molecule has 158 valence electrons. The molecule has 0 aliphatic carbocycles. The van der Waals surface area contributed by atoms with E-state index in [9.17, 15) is 9.59 Å². The van der Waals surface area contributed by atoms with Crippen LogP contribution in [-0.4, -0.2) is 67.7 Å². The lowest BCUT2D eigenvalue weighted by Gasteiger charge is -2.34. The molecular formula is C23H27N3O4. The van der Waals surface area contributed by atoms with Gasteiger partial charge in [0.25, 0.3) is 11.8 Å². The molecule has 2 aromatic carbocycles. The summed E-state index contributed by atoms with van der Waals surface area (Å²) >= 11 is 0. The Morgan fingerprint density at radius 2 is 1.63 bits per heavy atom. The standard InChI is InChI=1S/C23H27N3O4/c1-16-3-4-19(13-17(16)2)23(28)26-11-9-25(10-12-26)8-7-24-22(27)18-5-6-20-21(14-18)30-15-29-20/h3-6,13-14H,7-12,15H2,1-2H3,(H,24,27). The van der Waals surface area contributed by atoms with Crippen molar-refractivity contribution in [2.45, 2.75) is 13.8 Å². The molecule has 4 rings (SSSR count). The molecular weight excluding hydrogens is 382 g/mol. The van der Waals surface area contributed by atoms with Gasteiger partial charge in [-0.2, -0.15) is 0 Å². The maximum Gasteiger partial charge on any atom is 0.253 e. The number of hydrogen-bond acceptors (Lipinski definition) is 5. The summed E-state index contributed by atoms with van der Waals surface area (Å²) in [7, 11) is 0. The molecule has 0 atom stereocenters. The first-order chi connectivity index (χ1) is 14.5. The first-order valence-electron chi connectivity index (χ1n) is 10.3. The predicted molar refractivity (Wildman–Crippen MR) is 113 cm³/mol. The van der Waals surface area contributed by atoms with Crippen LogP contribution in [-0.2, 0) is 0 Å². The summed E-state index contributed by atoms with van der Waals surface area (Å²) < 4.78 is 10.6. The Hall–Kier alpha value is -3.06. The van der Waals surface area contributed by atoms with E-state index < -0.39 is 0 Å². The summed E-state index contributed by atoms with van der Waals surface area (Å²) in [5.74, 6) is 1.23. The first-order valence-corrected chi connectivity index (χ1v) is 10.3. The van der Waals surface area contributed by atoms with Crippen molar-refractivity contribution in [1.82, 2.24) is 15.1 Å². The SMILES string of the molecule is Cc1ccc(C(=O)N2CCN(CCNC(=O)c3ccc4c(c3)OCO4)CC2)cc1C. The van der Waals surface area contributed by atoms with Crippen molar-refractivity contribution >= 4 is 11.8 Å². The minimum Gasteiger partial charge on any atom is -0.454 e. The highest BCUT2D eigenvalue weighted by Crippen LogP contribution is 2.32. The van der Waals surface area contributed by atoms with E-state index in [0.29, 0.717) is 36.7 Å². The van der Waals surface area contributed by atoms with E-state index >= 15 is 0 Å². The Balaban J connectivity index is 1.22. The Morgan fingerprint density at radius 1 is 0.900 bits per heavy atom. The Bertz CT molecular complexity index is 951. The number of benzene rings is 2. The number of hydrogen-bond donors (Lipinski definition) is 1. The van der Waals surface area contributed by atoms with Gasteiger partial charge in [0.15, 0.2) is 11.5 Å². The van der Waals surface area contributed by atoms with Gasteiger partial charge in [-0.15, -0.1) is 0 Å². The van der Waals surface area contributed by atoms with Gasteiger partial charge in [0.05, 0.1) is 0 Å². The van der Waals surface area contributed by atoms with Crippen LogP contribution >= 0.6 is 0 Å². The van der Waals surface area contributed by atoms with Gasteiger partial charge in [-0.05, 0) is 55.3 Å². The number of carbonyl (C=O) groups excluding carboxylic acids is 2. The summed E-state index contributed by atoms with van der Waals surface area (Å²) in [6.45, 7) is 8.57. The maximum atomic E-state index is 12.7. The van der Waals surface area contributed by atoms with Crippen LogP contribution in [0.4, 0.5) is 0 Å². The summed E-state index contributed by atoms with van der Waals surface area (Å²) in [5, 5.41) is 2.95. The number of nitrogens with one attached hydrogen (secondary N) is 1. The van der Waals surface area contributed by atoms with Gasteiger partial charge in [-0.3, -0.25) is 14.5 Å². The van der Waals surface area contributed by atoms with Gasteiger partial charge in [0, 0.05) is 50.4 Å². The molecule has 2 aliphatic rings. The lowest BCUT2D eigenvalue weighted by atomic mass is 10.1. The van der Waals surface area contributed by atoms with Crippen LogP contribution in [0.15, 0.2) is 36.4 Å². The number of rotatable bonds is 5. The van der Waals surface area contributed by atoms with Gasteiger partial charge >= 0.3 is 0 Å². The summed E-state index contributed by atoms with van der Waals surface area (Å²) in [6, 6.07) is 11.1. The zero-order chi connectivity index (χ0) is 21.1. The molecule has 0 unspecified atom stereocenters. The molecule has 0 saturated carbocycles. The number of carbonyl (C=O) groups is 2. The van der Waals surface area contributed by atoms with Crippen LogP contribution in [0, 0.1) is 13.8 Å². The Morgan fingerprint density at radius 3 is 2.40 bits per heavy atom. The Labute approximate surface area is 176 Å². The number of ether oxygens (including phenoxy) is 2. The zero-order valence-electron chi connectivity index (χ0n) is 17.4. The monoisotopic (exact) mass is 409 g/mol. The average molecular weight is 409 g/mol. The van der Waals surface area contributed by atoms with Crippen molar-refractivity contribution in [3.63, 3.8) is 0 Å². The second-order valence-corrected chi connectivity index (χ2v) is 7.76. The lowest BCUT2D eigenvalue weighted by molar-refractivity contribution is 0.0638. The average Bonchev–Trinajstić information content (AvgIpc) is 3.23. The summed E-state index contributed by atoms with van der Waals surface area (Å²) in [5.41, 5.74) is 3.64. The molecule has 0 aromatic heterocycles. The fourth-order valence-corrected chi connectivity index (χ4v) is 3.70. The maximum absolute atomic E-state index is 12.7. The molecule has 7 heteroatoms. The molecule has 2 aliphatic heterocycles. The molecule has 2 aromatic rings. The highest BCUT2D eigenvalue weighted by Gasteiger charge is 2.22. The van der Waals surface area contributed by atoms with Gasteiger partial charge in [-0.1, -0.05) is 6.07 Å². The van der Waals surface area contributed by atoms with E-state index in [1.807, 2.05) is 36.9 Å². The van der Waals surface area contributed by atoms with Crippen LogP contribution in [0.1, 0.15) is 31.8 Å². The van der Waals surface area contributed by atoms with Crippen LogP contribution in [0.25, 0.3) is 0 Å². The lowest BCUT2D eigenvalue weighted by Crippen LogP contribution is -2.50. The number of fused-ring (bicyclic) bond motifs is 1. The number of aryl methyl sites for hydroxylation is 2. The molecule has 0 radical (unpaired) electrons. The zero-order valence-corrected chi connectivity index (χ0v) is 17.4. The molecule has 0 spiro atoms. The van der Waals surface area contributed by atoms with Crippen molar-refractivity contribution in [1.29, 1.82) is 0 Å². The summed E-state index contributed by atoms with van der Waals surface area (Å²) in [6.07, 6.45) is 0. The number of amides is 2. The van der Waals surface area contributed by atoms with E-state index in [1.165, 1.54) is 5.56 Å². The van der Waals surface area contributed by atoms with E-state index in [2.05, 4.69) is 10.2 Å². The van der Waals surface area contributed by atoms with Crippen molar-refractivity contribution in [3.8, 4) is 11.5 Å². The van der Waals surface area contributed by atoms with Crippen LogP contribution in [0.2, 0.25) is 0 Å². The van der Waals surface area contributed by atoms with Crippen LogP contribution < -0.4 is 14.8 Å². The third-order valence-electron chi connectivity index (χ3n) is 5.76. The minimum absolute atomic E-state index is 0.0915. The Kier molecular flexibility index (Phi) is 5.90. The molecule has 2 amide bonds. The van der Waals surface area contributed by atoms with Gasteiger partial charge < -0.3 is 19.7 Å². The van der Waals surface area contributed by atoms with E-state index in [-0.39, 0.29) is 18.6 Å². The molecule has 7 nitrogen and oxygen atoms in total. The molecule has 2 heterocycles. The van der Waals surface area contributed by atoms with Crippen molar-refractivity contribution in [3.05, 3.63) is 58.7 Å².